The number of hydrogen-bond donors (Lipinski definition) is 1. The van der Waals surface area contributed by atoms with Gasteiger partial charge in [0.1, 0.15) is 5.75 Å². The maximum Gasteiger partial charge on any atom is 0.416 e. The van der Waals surface area contributed by atoms with E-state index < -0.39 is 17.6 Å². The highest BCUT2D eigenvalue weighted by Crippen LogP contribution is 2.29. The number of carbonyl (C=O) groups is 1. The first-order chi connectivity index (χ1) is 13.0. The van der Waals surface area contributed by atoms with Crippen LogP contribution in [0.1, 0.15) is 44.4 Å². The van der Waals surface area contributed by atoms with Crippen LogP contribution in [0.4, 0.5) is 13.2 Å². The molecule has 0 atom stereocenters. The van der Waals surface area contributed by atoms with E-state index in [2.05, 4.69) is 31.3 Å². The van der Waals surface area contributed by atoms with E-state index in [0.717, 1.165) is 17.7 Å². The Hall–Kier alpha value is -2.83. The first-order valence-corrected chi connectivity index (χ1v) is 8.71. The summed E-state index contributed by atoms with van der Waals surface area (Å²) in [6, 6.07) is 12.2. The zero-order chi connectivity index (χ0) is 20.9. The zero-order valence-corrected chi connectivity index (χ0v) is 16.2. The first kappa shape index (κ1) is 21.5. The smallest absolute Gasteiger partial charge is 0.416 e. The summed E-state index contributed by atoms with van der Waals surface area (Å²) < 4.78 is 43.7. The van der Waals surface area contributed by atoms with E-state index in [0.29, 0.717) is 5.75 Å². The van der Waals surface area contributed by atoms with Gasteiger partial charge in [0.15, 0.2) is 6.61 Å². The summed E-state index contributed by atoms with van der Waals surface area (Å²) in [6.07, 6.45) is -4.43. The topological polar surface area (TPSA) is 50.7 Å². The van der Waals surface area contributed by atoms with Crippen molar-refractivity contribution in [2.24, 2.45) is 5.10 Å². The van der Waals surface area contributed by atoms with Crippen LogP contribution in [-0.2, 0) is 16.4 Å². The highest BCUT2D eigenvalue weighted by atomic mass is 19.4. The van der Waals surface area contributed by atoms with E-state index in [-0.39, 0.29) is 23.3 Å². The van der Waals surface area contributed by atoms with Crippen molar-refractivity contribution in [3.8, 4) is 5.75 Å². The van der Waals surface area contributed by atoms with Crippen LogP contribution in [0, 0.1) is 0 Å². The number of amides is 1. The predicted octanol–water partition coefficient (Wildman–Crippen LogP) is 4.92. The Labute approximate surface area is 162 Å². The molecule has 2 rings (SSSR count). The van der Waals surface area contributed by atoms with Gasteiger partial charge in [-0.15, -0.1) is 0 Å². The molecular formula is C21H23F3N2O2. The third-order valence-corrected chi connectivity index (χ3v) is 4.05. The van der Waals surface area contributed by atoms with Gasteiger partial charge in [0.05, 0.1) is 11.3 Å². The lowest BCUT2D eigenvalue weighted by Crippen LogP contribution is -2.25. The quantitative estimate of drug-likeness (QED) is 0.580. The van der Waals surface area contributed by atoms with Crippen LogP contribution in [0.25, 0.3) is 0 Å². The number of halogens is 3. The van der Waals surface area contributed by atoms with Gasteiger partial charge in [0, 0.05) is 0 Å². The molecule has 0 aliphatic heterocycles. The number of hydrogen-bond acceptors (Lipinski definition) is 3. The van der Waals surface area contributed by atoms with E-state index in [1.165, 1.54) is 19.1 Å². The van der Waals surface area contributed by atoms with Gasteiger partial charge in [-0.05, 0) is 47.7 Å². The molecule has 1 amide bonds. The highest BCUT2D eigenvalue weighted by molar-refractivity contribution is 5.99. The van der Waals surface area contributed by atoms with Crippen molar-refractivity contribution < 1.29 is 22.7 Å². The first-order valence-electron chi connectivity index (χ1n) is 8.71. The fourth-order valence-corrected chi connectivity index (χ4v) is 2.36. The molecule has 0 aliphatic rings. The molecule has 0 saturated heterocycles. The lowest BCUT2D eigenvalue weighted by molar-refractivity contribution is -0.137. The van der Waals surface area contributed by atoms with Crippen molar-refractivity contribution >= 4 is 11.6 Å². The third-order valence-electron chi connectivity index (χ3n) is 4.05. The molecule has 0 heterocycles. The van der Waals surface area contributed by atoms with Crippen LogP contribution >= 0.6 is 0 Å². The average Bonchev–Trinajstić information content (AvgIpc) is 2.63. The lowest BCUT2D eigenvalue weighted by atomic mass is 9.87. The van der Waals surface area contributed by atoms with Crippen LogP contribution in [0.2, 0.25) is 0 Å². The van der Waals surface area contributed by atoms with Gasteiger partial charge in [0.2, 0.25) is 0 Å². The molecule has 0 unspecified atom stereocenters. The number of ether oxygens (including phenoxy) is 1. The van der Waals surface area contributed by atoms with Crippen LogP contribution in [0.3, 0.4) is 0 Å². The third kappa shape index (κ3) is 6.11. The van der Waals surface area contributed by atoms with E-state index in [9.17, 15) is 18.0 Å². The number of rotatable bonds is 5. The van der Waals surface area contributed by atoms with Crippen LogP contribution < -0.4 is 10.2 Å². The van der Waals surface area contributed by atoms with Crippen molar-refractivity contribution in [1.82, 2.24) is 5.43 Å². The molecule has 0 radical (unpaired) electrons. The summed E-state index contributed by atoms with van der Waals surface area (Å²) >= 11 is 0. The fourth-order valence-electron chi connectivity index (χ4n) is 2.36. The number of benzene rings is 2. The summed E-state index contributed by atoms with van der Waals surface area (Å²) in [4.78, 5) is 11.9. The summed E-state index contributed by atoms with van der Waals surface area (Å²) in [7, 11) is 0. The molecule has 2 aromatic carbocycles. The second-order valence-corrected chi connectivity index (χ2v) is 7.37. The predicted molar refractivity (Wildman–Crippen MR) is 102 cm³/mol. The van der Waals surface area contributed by atoms with Gasteiger partial charge in [-0.3, -0.25) is 4.79 Å². The van der Waals surface area contributed by atoms with Crippen LogP contribution in [0.15, 0.2) is 53.6 Å². The van der Waals surface area contributed by atoms with Crippen molar-refractivity contribution in [2.75, 3.05) is 6.61 Å². The zero-order valence-electron chi connectivity index (χ0n) is 16.2. The maximum atomic E-state index is 12.8. The number of carbonyl (C=O) groups excluding carboxylic acids is 1. The Balaban J connectivity index is 1.93. The summed E-state index contributed by atoms with van der Waals surface area (Å²) in [5, 5.41) is 3.85. The molecule has 28 heavy (non-hydrogen) atoms. The molecule has 0 spiro atoms. The SMILES string of the molecule is C/C(=N\NC(=O)COc1ccc(C(C)(C)C)cc1)c1cccc(C(F)(F)F)c1. The number of hydrazone groups is 1. The Morgan fingerprint density at radius 1 is 1.04 bits per heavy atom. The number of alkyl halides is 3. The summed E-state index contributed by atoms with van der Waals surface area (Å²) in [5.74, 6) is 0.0351. The van der Waals surface area contributed by atoms with Gasteiger partial charge in [-0.2, -0.15) is 18.3 Å². The Bertz CT molecular complexity index is 851. The number of nitrogens with one attached hydrogen (secondary N) is 1. The molecule has 0 aromatic heterocycles. The van der Waals surface area contributed by atoms with Gasteiger partial charge >= 0.3 is 6.18 Å². The minimum Gasteiger partial charge on any atom is -0.484 e. The monoisotopic (exact) mass is 392 g/mol. The standard InChI is InChI=1S/C21H23F3N2O2/c1-14(15-6-5-7-17(12-15)21(22,23)24)25-26-19(27)13-28-18-10-8-16(9-11-18)20(2,3)4/h5-12H,13H2,1-4H3,(H,26,27)/b25-14+. The van der Waals surface area contributed by atoms with Crippen molar-refractivity contribution in [3.05, 3.63) is 65.2 Å². The van der Waals surface area contributed by atoms with Crippen molar-refractivity contribution in [2.45, 2.75) is 39.3 Å². The largest absolute Gasteiger partial charge is 0.484 e. The molecule has 7 heteroatoms. The van der Waals surface area contributed by atoms with Crippen LogP contribution in [0.5, 0.6) is 5.75 Å². The average molecular weight is 392 g/mol. The van der Waals surface area contributed by atoms with Gasteiger partial charge in [0.25, 0.3) is 5.91 Å². The molecule has 4 nitrogen and oxygen atoms in total. The van der Waals surface area contributed by atoms with Crippen molar-refractivity contribution in [3.63, 3.8) is 0 Å². The fraction of sp³-hybridized carbons (Fsp3) is 0.333. The van der Waals surface area contributed by atoms with Crippen molar-refractivity contribution in [1.29, 1.82) is 0 Å². The molecule has 1 N–H and O–H groups in total. The second-order valence-electron chi connectivity index (χ2n) is 7.37. The molecule has 0 aliphatic carbocycles. The minimum atomic E-state index is -4.43. The van der Waals surface area contributed by atoms with Crippen LogP contribution in [-0.4, -0.2) is 18.2 Å². The minimum absolute atomic E-state index is 0.0194. The maximum absolute atomic E-state index is 12.8. The highest BCUT2D eigenvalue weighted by Gasteiger charge is 2.30. The molecular weight excluding hydrogens is 369 g/mol. The summed E-state index contributed by atoms with van der Waals surface area (Å²) in [5.41, 5.74) is 3.21. The second kappa shape index (κ2) is 8.46. The molecule has 150 valence electrons. The molecule has 0 saturated carbocycles. The Morgan fingerprint density at radius 3 is 2.25 bits per heavy atom. The number of nitrogens with zero attached hydrogens (tertiary/aromatic N) is 1. The van der Waals surface area contributed by atoms with E-state index in [1.54, 1.807) is 12.1 Å². The van der Waals surface area contributed by atoms with Gasteiger partial charge in [-0.25, -0.2) is 5.43 Å². The van der Waals surface area contributed by atoms with Gasteiger partial charge in [-0.1, -0.05) is 45.0 Å². The Kier molecular flexibility index (Phi) is 6.48. The lowest BCUT2D eigenvalue weighted by Gasteiger charge is -2.19. The normalized spacial score (nSPS) is 12.6. The Morgan fingerprint density at radius 2 is 1.68 bits per heavy atom. The molecule has 0 bridgehead atoms. The van der Waals surface area contributed by atoms with E-state index in [1.807, 2.05) is 12.1 Å². The van der Waals surface area contributed by atoms with E-state index >= 15 is 0 Å². The van der Waals surface area contributed by atoms with E-state index in [4.69, 9.17) is 4.74 Å². The molecule has 0 fully saturated rings. The van der Waals surface area contributed by atoms with Gasteiger partial charge < -0.3 is 4.74 Å². The summed E-state index contributed by atoms with van der Waals surface area (Å²) in [6.45, 7) is 7.55. The molecule has 2 aromatic rings.